The minimum Gasteiger partial charge on any atom is -0.481 e. The third-order valence-corrected chi connectivity index (χ3v) is 3.63. The summed E-state index contributed by atoms with van der Waals surface area (Å²) in [7, 11) is 1.14. The third kappa shape index (κ3) is 6.30. The maximum atomic E-state index is 12.4. The number of nitrogens with zero attached hydrogens (tertiary/aromatic N) is 1. The largest absolute Gasteiger partial charge is 0.481 e. The molecule has 1 aromatic carbocycles. The van der Waals surface area contributed by atoms with E-state index in [9.17, 15) is 22.8 Å². The van der Waals surface area contributed by atoms with Crippen molar-refractivity contribution in [3.63, 3.8) is 0 Å². The molecule has 7 heteroatoms. The maximum absolute atomic E-state index is 12.4. The number of carboxylic acid groups (broad SMARTS) is 1. The Hall–Kier alpha value is -2.05. The van der Waals surface area contributed by atoms with E-state index in [0.717, 1.165) is 18.2 Å². The van der Waals surface area contributed by atoms with Crippen LogP contribution in [0.2, 0.25) is 0 Å². The van der Waals surface area contributed by atoms with E-state index in [-0.39, 0.29) is 6.42 Å². The molecule has 1 aromatic rings. The highest BCUT2D eigenvalue weighted by atomic mass is 19.4. The molecule has 128 valence electrons. The molecule has 4 nitrogen and oxygen atoms in total. The summed E-state index contributed by atoms with van der Waals surface area (Å²) in [4.78, 5) is 22.3. The highest BCUT2D eigenvalue weighted by Crippen LogP contribution is 2.20. The van der Waals surface area contributed by atoms with Crippen LogP contribution in [0.1, 0.15) is 30.9 Å². The Morgan fingerprint density at radius 3 is 2.17 bits per heavy atom. The Morgan fingerprint density at radius 2 is 1.70 bits per heavy atom. The van der Waals surface area contributed by atoms with E-state index in [2.05, 4.69) is 0 Å². The monoisotopic (exact) mass is 331 g/mol. The van der Waals surface area contributed by atoms with E-state index in [1.807, 2.05) is 12.1 Å². The van der Waals surface area contributed by atoms with Crippen molar-refractivity contribution in [2.45, 2.75) is 44.8 Å². The molecule has 1 N–H and O–H groups in total. The van der Waals surface area contributed by atoms with Gasteiger partial charge in [0.05, 0.1) is 0 Å². The number of carboxylic acids is 1. The van der Waals surface area contributed by atoms with Gasteiger partial charge < -0.3 is 10.0 Å². The average molecular weight is 331 g/mol. The lowest BCUT2D eigenvalue weighted by Crippen LogP contribution is -2.44. The molecule has 1 rings (SSSR count). The van der Waals surface area contributed by atoms with Crippen LogP contribution in [-0.4, -0.2) is 41.1 Å². The smallest absolute Gasteiger partial charge is 0.471 e. The minimum atomic E-state index is -4.86. The zero-order valence-electron chi connectivity index (χ0n) is 13.1. The minimum absolute atomic E-state index is 0.100. The van der Waals surface area contributed by atoms with Crippen LogP contribution >= 0.6 is 0 Å². The first kappa shape index (κ1) is 19.0. The summed E-state index contributed by atoms with van der Waals surface area (Å²) in [6, 6.07) is 6.66. The van der Waals surface area contributed by atoms with Gasteiger partial charge in [-0.3, -0.25) is 9.59 Å². The molecule has 1 amide bonds. The van der Waals surface area contributed by atoms with Crippen molar-refractivity contribution >= 4 is 11.9 Å². The summed E-state index contributed by atoms with van der Waals surface area (Å²) in [5, 5.41) is 8.58. The fourth-order valence-corrected chi connectivity index (χ4v) is 2.16. The van der Waals surface area contributed by atoms with Gasteiger partial charge in [0, 0.05) is 19.5 Å². The normalized spacial score (nSPS) is 12.7. The van der Waals surface area contributed by atoms with Gasteiger partial charge in [-0.1, -0.05) is 24.3 Å². The van der Waals surface area contributed by atoms with Crippen molar-refractivity contribution in [1.29, 1.82) is 0 Å². The Bertz CT molecular complexity index is 540. The zero-order valence-corrected chi connectivity index (χ0v) is 13.1. The SMILES string of the molecule is CC(Cc1ccc(CCCC(=O)O)cc1)N(C)C(=O)C(F)(F)F. The number of likely N-dealkylation sites (N-methyl/N-ethyl adjacent to an activating group) is 1. The van der Waals surface area contributed by atoms with E-state index in [4.69, 9.17) is 5.11 Å². The number of hydrogen-bond donors (Lipinski definition) is 1. The predicted molar refractivity (Wildman–Crippen MR) is 79.0 cm³/mol. The number of carbonyl (C=O) groups excluding carboxylic acids is 1. The highest BCUT2D eigenvalue weighted by molar-refractivity contribution is 5.81. The van der Waals surface area contributed by atoms with Crippen molar-refractivity contribution in [2.75, 3.05) is 7.05 Å². The van der Waals surface area contributed by atoms with Gasteiger partial charge in [0.2, 0.25) is 0 Å². The van der Waals surface area contributed by atoms with Gasteiger partial charge in [-0.15, -0.1) is 0 Å². The molecule has 0 fully saturated rings. The predicted octanol–water partition coefficient (Wildman–Crippen LogP) is 3.05. The summed E-state index contributed by atoms with van der Waals surface area (Å²) in [6.45, 7) is 1.56. The number of carbonyl (C=O) groups is 2. The zero-order chi connectivity index (χ0) is 17.6. The molecule has 1 unspecified atom stereocenters. The summed E-state index contributed by atoms with van der Waals surface area (Å²) in [5.41, 5.74) is 1.80. The molecular formula is C16H20F3NO3. The number of aryl methyl sites for hydroxylation is 1. The van der Waals surface area contributed by atoms with Crippen LogP contribution in [0.3, 0.4) is 0 Å². The fourth-order valence-electron chi connectivity index (χ4n) is 2.16. The van der Waals surface area contributed by atoms with Crippen LogP contribution in [-0.2, 0) is 22.4 Å². The van der Waals surface area contributed by atoms with Gasteiger partial charge in [-0.2, -0.15) is 13.2 Å². The fraction of sp³-hybridized carbons (Fsp3) is 0.500. The lowest BCUT2D eigenvalue weighted by molar-refractivity contribution is -0.185. The molecule has 0 aliphatic heterocycles. The topological polar surface area (TPSA) is 57.6 Å². The number of rotatable bonds is 7. The average Bonchev–Trinajstić information content (AvgIpc) is 2.46. The molecule has 0 spiro atoms. The van der Waals surface area contributed by atoms with E-state index < -0.39 is 24.1 Å². The molecule has 0 aliphatic rings. The van der Waals surface area contributed by atoms with Gasteiger partial charge in [-0.05, 0) is 37.3 Å². The molecule has 0 aromatic heterocycles. The number of hydrogen-bond acceptors (Lipinski definition) is 2. The summed E-state index contributed by atoms with van der Waals surface area (Å²) < 4.78 is 37.2. The number of benzene rings is 1. The second kappa shape index (κ2) is 7.99. The van der Waals surface area contributed by atoms with Crippen LogP contribution in [0.5, 0.6) is 0 Å². The van der Waals surface area contributed by atoms with Crippen molar-refractivity contribution in [1.82, 2.24) is 4.90 Å². The van der Waals surface area contributed by atoms with Crippen molar-refractivity contribution < 1.29 is 27.9 Å². The third-order valence-electron chi connectivity index (χ3n) is 3.63. The summed E-state index contributed by atoms with van der Waals surface area (Å²) in [6.07, 6.45) is -3.28. The Balaban J connectivity index is 2.57. The molecular weight excluding hydrogens is 311 g/mol. The van der Waals surface area contributed by atoms with Crippen molar-refractivity contribution in [3.05, 3.63) is 35.4 Å². The van der Waals surface area contributed by atoms with Gasteiger partial charge in [-0.25, -0.2) is 0 Å². The van der Waals surface area contributed by atoms with Gasteiger partial charge in [0.25, 0.3) is 0 Å². The molecule has 0 saturated heterocycles. The number of aliphatic carboxylic acids is 1. The van der Waals surface area contributed by atoms with Crippen LogP contribution in [0.25, 0.3) is 0 Å². The number of alkyl halides is 3. The summed E-state index contributed by atoms with van der Waals surface area (Å²) in [5.74, 6) is -2.69. The molecule has 0 radical (unpaired) electrons. The second-order valence-corrected chi connectivity index (χ2v) is 5.53. The van der Waals surface area contributed by atoms with Crippen LogP contribution in [0, 0.1) is 0 Å². The number of amides is 1. The first-order valence-corrected chi connectivity index (χ1v) is 7.25. The molecule has 0 bridgehead atoms. The van der Waals surface area contributed by atoms with Gasteiger partial charge >= 0.3 is 18.1 Å². The van der Waals surface area contributed by atoms with Crippen LogP contribution < -0.4 is 0 Å². The number of halogens is 3. The maximum Gasteiger partial charge on any atom is 0.471 e. The van der Waals surface area contributed by atoms with E-state index in [0.29, 0.717) is 24.2 Å². The van der Waals surface area contributed by atoms with Gasteiger partial charge in [0.15, 0.2) is 0 Å². The van der Waals surface area contributed by atoms with Gasteiger partial charge in [0.1, 0.15) is 0 Å². The summed E-state index contributed by atoms with van der Waals surface area (Å²) >= 11 is 0. The van der Waals surface area contributed by atoms with Crippen molar-refractivity contribution in [3.8, 4) is 0 Å². The van der Waals surface area contributed by atoms with Crippen LogP contribution in [0.15, 0.2) is 24.3 Å². The molecule has 0 heterocycles. The standard InChI is InChI=1S/C16H20F3NO3/c1-11(20(2)15(23)16(17,18)19)10-13-8-6-12(7-9-13)4-3-5-14(21)22/h6-9,11H,3-5,10H2,1-2H3,(H,21,22). The van der Waals surface area contributed by atoms with Crippen LogP contribution in [0.4, 0.5) is 13.2 Å². The second-order valence-electron chi connectivity index (χ2n) is 5.53. The molecule has 0 saturated carbocycles. The molecule has 0 aliphatic carbocycles. The van der Waals surface area contributed by atoms with E-state index in [1.165, 1.54) is 0 Å². The van der Waals surface area contributed by atoms with E-state index in [1.54, 1.807) is 19.1 Å². The lowest BCUT2D eigenvalue weighted by atomic mass is 10.0. The first-order valence-electron chi connectivity index (χ1n) is 7.25. The Labute approximate surface area is 132 Å². The highest BCUT2D eigenvalue weighted by Gasteiger charge is 2.42. The quantitative estimate of drug-likeness (QED) is 0.835. The molecule has 23 heavy (non-hydrogen) atoms. The van der Waals surface area contributed by atoms with E-state index >= 15 is 0 Å². The molecule has 1 atom stereocenters. The lowest BCUT2D eigenvalue weighted by Gasteiger charge is -2.25. The Kier molecular flexibility index (Phi) is 6.60. The first-order chi connectivity index (χ1) is 10.6. The van der Waals surface area contributed by atoms with Crippen molar-refractivity contribution in [2.24, 2.45) is 0 Å². The Morgan fingerprint density at radius 1 is 1.17 bits per heavy atom.